The fourth-order valence-corrected chi connectivity index (χ4v) is 0.985. The van der Waals surface area contributed by atoms with Crippen molar-refractivity contribution in [2.45, 2.75) is 26.3 Å². The quantitative estimate of drug-likeness (QED) is 0.533. The van der Waals surface area contributed by atoms with E-state index in [0.29, 0.717) is 12.4 Å². The second kappa shape index (κ2) is 5.48. The third kappa shape index (κ3) is 3.85. The van der Waals surface area contributed by atoms with Gasteiger partial charge in [-0.05, 0) is 19.4 Å². The van der Waals surface area contributed by atoms with Crippen LogP contribution in [-0.4, -0.2) is 16.7 Å². The fourth-order valence-electron chi connectivity index (χ4n) is 0.985. The Morgan fingerprint density at radius 3 is 3.08 bits per heavy atom. The molecule has 0 amide bonds. The topological polar surface area (TPSA) is 51.0 Å². The molecule has 0 aliphatic heterocycles. The number of unbranched alkanes of at least 4 members (excludes halogenated alkanes) is 1. The number of allylic oxidation sites excluding steroid dienone is 1. The number of nitrogens with zero attached hydrogens (tertiary/aromatic N) is 2. The van der Waals surface area contributed by atoms with Crippen LogP contribution in [0.1, 0.15) is 24.6 Å². The molecular formula is C9H15N3O. The van der Waals surface area contributed by atoms with E-state index >= 15 is 0 Å². The van der Waals surface area contributed by atoms with Crippen LogP contribution in [-0.2, 0) is 6.54 Å². The van der Waals surface area contributed by atoms with Gasteiger partial charge in [0.05, 0.1) is 6.54 Å². The first-order chi connectivity index (χ1) is 6.33. The summed E-state index contributed by atoms with van der Waals surface area (Å²) in [4.78, 5) is 4.07. The van der Waals surface area contributed by atoms with E-state index in [1.165, 1.54) is 0 Å². The molecule has 0 radical (unpaired) electrons. The van der Waals surface area contributed by atoms with Gasteiger partial charge in [-0.1, -0.05) is 11.2 Å². The van der Waals surface area contributed by atoms with E-state index in [1.807, 2.05) is 6.08 Å². The predicted molar refractivity (Wildman–Crippen MR) is 50.2 cm³/mol. The minimum Gasteiger partial charge on any atom is -0.340 e. The van der Waals surface area contributed by atoms with Crippen LogP contribution >= 0.6 is 0 Å². The van der Waals surface area contributed by atoms with Crippen LogP contribution in [0.25, 0.3) is 0 Å². The summed E-state index contributed by atoms with van der Waals surface area (Å²) in [6, 6.07) is 0. The molecule has 1 aromatic rings. The zero-order valence-electron chi connectivity index (χ0n) is 7.92. The van der Waals surface area contributed by atoms with Gasteiger partial charge < -0.3 is 9.84 Å². The predicted octanol–water partition coefficient (Wildman–Crippen LogP) is 1.43. The van der Waals surface area contributed by atoms with Crippen LogP contribution in [0.3, 0.4) is 0 Å². The van der Waals surface area contributed by atoms with Gasteiger partial charge in [0.15, 0.2) is 5.82 Å². The number of aromatic nitrogens is 2. The number of nitrogens with one attached hydrogen (secondary N) is 1. The van der Waals surface area contributed by atoms with Crippen molar-refractivity contribution in [1.29, 1.82) is 0 Å². The molecule has 0 aromatic carbocycles. The minimum absolute atomic E-state index is 0.614. The number of rotatable bonds is 6. The molecule has 72 valence electrons. The second-order valence-corrected chi connectivity index (χ2v) is 2.84. The van der Waals surface area contributed by atoms with Crippen LogP contribution in [0.2, 0.25) is 0 Å². The van der Waals surface area contributed by atoms with Crippen molar-refractivity contribution < 1.29 is 4.52 Å². The Hall–Kier alpha value is -1.16. The summed E-state index contributed by atoms with van der Waals surface area (Å²) in [6.45, 7) is 7.07. The molecule has 4 heteroatoms. The van der Waals surface area contributed by atoms with Crippen molar-refractivity contribution in [2.24, 2.45) is 0 Å². The van der Waals surface area contributed by atoms with Crippen molar-refractivity contribution in [2.75, 3.05) is 6.54 Å². The van der Waals surface area contributed by atoms with E-state index in [9.17, 15) is 0 Å². The molecule has 1 N–H and O–H groups in total. The number of hydrogen-bond acceptors (Lipinski definition) is 4. The zero-order chi connectivity index (χ0) is 9.52. The first-order valence-electron chi connectivity index (χ1n) is 4.43. The first-order valence-corrected chi connectivity index (χ1v) is 4.43. The lowest BCUT2D eigenvalue weighted by Gasteiger charge is -1.98. The summed E-state index contributed by atoms with van der Waals surface area (Å²) in [6.07, 6.45) is 4.05. The molecule has 13 heavy (non-hydrogen) atoms. The molecule has 0 aliphatic rings. The van der Waals surface area contributed by atoms with Gasteiger partial charge in [-0.3, -0.25) is 0 Å². The second-order valence-electron chi connectivity index (χ2n) is 2.84. The Labute approximate surface area is 78.0 Å². The summed E-state index contributed by atoms with van der Waals surface area (Å²) < 4.78 is 4.83. The molecule has 0 bridgehead atoms. The van der Waals surface area contributed by atoms with Gasteiger partial charge in [0, 0.05) is 6.92 Å². The Bertz CT molecular complexity index is 257. The molecule has 0 saturated carbocycles. The van der Waals surface area contributed by atoms with E-state index in [-0.39, 0.29) is 0 Å². The zero-order valence-corrected chi connectivity index (χ0v) is 7.92. The van der Waals surface area contributed by atoms with Crippen molar-refractivity contribution in [3.8, 4) is 0 Å². The van der Waals surface area contributed by atoms with E-state index in [4.69, 9.17) is 4.52 Å². The molecule has 4 nitrogen and oxygen atoms in total. The first kappa shape index (κ1) is 9.92. The standard InChI is InChI=1S/C9H15N3O/c1-3-4-5-6-10-7-9-11-8(2)13-12-9/h3,10H,1,4-7H2,2H3. The lowest BCUT2D eigenvalue weighted by Crippen LogP contribution is -2.15. The highest BCUT2D eigenvalue weighted by Gasteiger charge is 1.99. The van der Waals surface area contributed by atoms with Crippen molar-refractivity contribution >= 4 is 0 Å². The highest BCUT2D eigenvalue weighted by Crippen LogP contribution is 1.94. The molecule has 1 rings (SSSR count). The van der Waals surface area contributed by atoms with E-state index < -0.39 is 0 Å². The molecule has 1 aromatic heterocycles. The van der Waals surface area contributed by atoms with Crippen molar-refractivity contribution in [1.82, 2.24) is 15.5 Å². The SMILES string of the molecule is C=CCCCNCc1noc(C)n1. The Balaban J connectivity index is 2.09. The third-order valence-electron chi connectivity index (χ3n) is 1.61. The number of aryl methyl sites for hydroxylation is 1. The molecule has 1 heterocycles. The third-order valence-corrected chi connectivity index (χ3v) is 1.61. The highest BCUT2D eigenvalue weighted by molar-refractivity contribution is 4.82. The molecule has 0 atom stereocenters. The van der Waals surface area contributed by atoms with Gasteiger partial charge in [0.2, 0.25) is 5.89 Å². The minimum atomic E-state index is 0.614. The van der Waals surface area contributed by atoms with Crippen LogP contribution in [0.5, 0.6) is 0 Å². The summed E-state index contributed by atoms with van der Waals surface area (Å²) in [5.74, 6) is 1.33. The van der Waals surface area contributed by atoms with Crippen LogP contribution in [0.15, 0.2) is 17.2 Å². The average molecular weight is 181 g/mol. The summed E-state index contributed by atoms with van der Waals surface area (Å²) in [5.41, 5.74) is 0. The van der Waals surface area contributed by atoms with Gasteiger partial charge in [-0.25, -0.2) is 0 Å². The van der Waals surface area contributed by atoms with Gasteiger partial charge in [0.25, 0.3) is 0 Å². The fraction of sp³-hybridized carbons (Fsp3) is 0.556. The summed E-state index contributed by atoms with van der Waals surface area (Å²) >= 11 is 0. The monoisotopic (exact) mass is 181 g/mol. The van der Waals surface area contributed by atoms with Crippen molar-refractivity contribution in [3.05, 3.63) is 24.4 Å². The molecule has 0 spiro atoms. The highest BCUT2D eigenvalue weighted by atomic mass is 16.5. The average Bonchev–Trinajstić information content (AvgIpc) is 2.51. The van der Waals surface area contributed by atoms with Crippen molar-refractivity contribution in [3.63, 3.8) is 0 Å². The van der Waals surface area contributed by atoms with Gasteiger partial charge in [-0.15, -0.1) is 6.58 Å². The van der Waals surface area contributed by atoms with Gasteiger partial charge in [-0.2, -0.15) is 4.98 Å². The maximum atomic E-state index is 4.83. The Morgan fingerprint density at radius 2 is 2.46 bits per heavy atom. The molecule has 0 fully saturated rings. The normalized spacial score (nSPS) is 10.2. The molecule has 0 unspecified atom stereocenters. The van der Waals surface area contributed by atoms with Crippen LogP contribution < -0.4 is 5.32 Å². The Morgan fingerprint density at radius 1 is 1.62 bits per heavy atom. The van der Waals surface area contributed by atoms with Gasteiger partial charge in [0.1, 0.15) is 0 Å². The number of hydrogen-bond donors (Lipinski definition) is 1. The maximum Gasteiger partial charge on any atom is 0.223 e. The largest absolute Gasteiger partial charge is 0.340 e. The summed E-state index contributed by atoms with van der Waals surface area (Å²) in [7, 11) is 0. The maximum absolute atomic E-state index is 4.83. The molecule has 0 saturated heterocycles. The summed E-state index contributed by atoms with van der Waals surface area (Å²) in [5, 5.41) is 6.98. The smallest absolute Gasteiger partial charge is 0.223 e. The van der Waals surface area contributed by atoms with Crippen LogP contribution in [0, 0.1) is 6.92 Å². The molecule has 0 aliphatic carbocycles. The lowest BCUT2D eigenvalue weighted by molar-refractivity contribution is 0.385. The van der Waals surface area contributed by atoms with E-state index in [2.05, 4.69) is 22.0 Å². The van der Waals surface area contributed by atoms with E-state index in [0.717, 1.165) is 25.2 Å². The van der Waals surface area contributed by atoms with Crippen LogP contribution in [0.4, 0.5) is 0 Å². The lowest BCUT2D eigenvalue weighted by atomic mass is 10.3. The van der Waals surface area contributed by atoms with E-state index in [1.54, 1.807) is 6.92 Å². The Kier molecular flexibility index (Phi) is 4.18. The van der Waals surface area contributed by atoms with Gasteiger partial charge >= 0.3 is 0 Å². The molecular weight excluding hydrogens is 166 g/mol.